The fraction of sp³-hybridized carbons (Fsp3) is 1.00. The van der Waals surface area contributed by atoms with Crippen molar-refractivity contribution in [2.45, 2.75) is 150 Å². The Balaban J connectivity index is 1.35. The third kappa shape index (κ3) is 4.72. The van der Waals surface area contributed by atoms with E-state index < -0.39 is 31.0 Å². The molecule has 0 bridgehead atoms. The topological polar surface area (TPSA) is 101 Å². The molecule has 0 spiro atoms. The first-order valence-electron chi connectivity index (χ1n) is 17.3. The van der Waals surface area contributed by atoms with Crippen molar-refractivity contribution in [2.75, 3.05) is 6.61 Å². The molecular formula is C36H64O5. The molecule has 0 aromatic heterocycles. The maximum absolute atomic E-state index is 10.8. The minimum Gasteiger partial charge on any atom is -0.394 e. The Morgan fingerprint density at radius 3 is 1.83 bits per heavy atom. The zero-order valence-corrected chi connectivity index (χ0v) is 27.6. The molecule has 238 valence electrons. The lowest BCUT2D eigenvalue weighted by atomic mass is 9.31. The van der Waals surface area contributed by atoms with Crippen LogP contribution in [-0.4, -0.2) is 56.6 Å². The summed E-state index contributed by atoms with van der Waals surface area (Å²) in [5.74, 6) is 4.56. The average Bonchev–Trinajstić information content (AvgIpc) is 3.23. The second-order valence-corrected chi connectivity index (χ2v) is 18.0. The Kier molecular flexibility index (Phi) is 8.41. The highest BCUT2D eigenvalue weighted by atomic mass is 16.4. The van der Waals surface area contributed by atoms with E-state index in [-0.39, 0.29) is 5.92 Å². The Morgan fingerprint density at radius 2 is 1.22 bits per heavy atom. The van der Waals surface area contributed by atoms with Gasteiger partial charge >= 0.3 is 0 Å². The molecule has 0 amide bonds. The minimum atomic E-state index is -1.54. The van der Waals surface area contributed by atoms with Crippen LogP contribution in [0.2, 0.25) is 0 Å². The summed E-state index contributed by atoms with van der Waals surface area (Å²) in [6.07, 6.45) is 8.12. The van der Waals surface area contributed by atoms with E-state index >= 15 is 0 Å². The summed E-state index contributed by atoms with van der Waals surface area (Å²) in [6.45, 7) is 20.0. The molecule has 0 aliphatic heterocycles. The Bertz CT molecular complexity index is 952. The number of rotatable bonds is 7. The molecule has 6 unspecified atom stereocenters. The van der Waals surface area contributed by atoms with Gasteiger partial charge in [-0.1, -0.05) is 55.4 Å². The molecule has 0 aromatic rings. The molecule has 5 heteroatoms. The van der Waals surface area contributed by atoms with Crippen LogP contribution in [0.3, 0.4) is 0 Å². The van der Waals surface area contributed by atoms with Gasteiger partial charge in [0.1, 0.15) is 18.3 Å². The fourth-order valence-electron chi connectivity index (χ4n) is 14.0. The van der Waals surface area contributed by atoms with Gasteiger partial charge in [-0.15, -0.1) is 0 Å². The molecule has 15 atom stereocenters. The summed E-state index contributed by atoms with van der Waals surface area (Å²) >= 11 is 0. The smallest absolute Gasteiger partial charge is 0.110 e. The quantitative estimate of drug-likeness (QED) is 0.249. The highest BCUT2D eigenvalue weighted by Gasteiger charge is 2.70. The zero-order valence-electron chi connectivity index (χ0n) is 27.6. The van der Waals surface area contributed by atoms with E-state index in [1.807, 2.05) is 0 Å². The lowest BCUT2D eigenvalue weighted by molar-refractivity contribution is -0.245. The first-order valence-corrected chi connectivity index (χ1v) is 17.3. The van der Waals surface area contributed by atoms with Crippen molar-refractivity contribution in [1.82, 2.24) is 0 Å². The van der Waals surface area contributed by atoms with Gasteiger partial charge in [-0.05, 0) is 139 Å². The number of hydrogen-bond donors (Lipinski definition) is 5. The highest BCUT2D eigenvalue weighted by Crippen LogP contribution is 2.78. The standard InChI is InChI=1S/C36H64O5/c1-21-18-32(3,4)27-13-16-36(8)29(34(27,6)19-21)10-9-28-33(5)14-11-23(24(33)12-15-35(28,36)7)22(2)17-25(38)30(40)31(41)26(39)20-37/h21-31,37-41H,9-20H2,1-8H3/t21?,22?,23-,24+,25?,26?,27+,28-,29-,30?,31?,33+,34+,35-,36-/m1/s1. The zero-order chi connectivity index (χ0) is 30.3. The SMILES string of the molecule is CC1CC(C)(C)[C@@H]2CC[C@]3(C)[C@H](CC[C@@H]4[C@@]5(C)CC[C@H](C(C)CC(O)C(O)C(O)C(O)CO)[C@@H]5CC[C@]43C)[C@@]2(C)C1. The Hall–Kier alpha value is -0.200. The second-order valence-electron chi connectivity index (χ2n) is 18.0. The first-order chi connectivity index (χ1) is 19.0. The maximum Gasteiger partial charge on any atom is 0.110 e. The average molecular weight is 577 g/mol. The third-order valence-electron chi connectivity index (χ3n) is 15.6. The van der Waals surface area contributed by atoms with Gasteiger partial charge in [0.15, 0.2) is 0 Å². The van der Waals surface area contributed by atoms with Crippen LogP contribution >= 0.6 is 0 Å². The van der Waals surface area contributed by atoms with Crippen molar-refractivity contribution >= 4 is 0 Å². The molecule has 0 saturated heterocycles. The van der Waals surface area contributed by atoms with Crippen molar-refractivity contribution in [3.8, 4) is 0 Å². The largest absolute Gasteiger partial charge is 0.394 e. The van der Waals surface area contributed by atoms with Crippen molar-refractivity contribution in [2.24, 2.45) is 68.5 Å². The normalized spacial score (nSPS) is 50.9. The minimum absolute atomic E-state index is 0.224. The highest BCUT2D eigenvalue weighted by molar-refractivity contribution is 5.19. The van der Waals surface area contributed by atoms with Crippen molar-refractivity contribution in [3.63, 3.8) is 0 Å². The van der Waals surface area contributed by atoms with Gasteiger partial charge in [-0.2, -0.15) is 0 Å². The molecule has 5 aliphatic rings. The predicted molar refractivity (Wildman–Crippen MR) is 164 cm³/mol. The van der Waals surface area contributed by atoms with Crippen LogP contribution in [0.1, 0.15) is 126 Å². The van der Waals surface area contributed by atoms with Gasteiger partial charge in [0.2, 0.25) is 0 Å². The van der Waals surface area contributed by atoms with E-state index in [9.17, 15) is 20.4 Å². The molecule has 5 saturated carbocycles. The summed E-state index contributed by atoms with van der Waals surface area (Å²) < 4.78 is 0. The van der Waals surface area contributed by atoms with Crippen molar-refractivity contribution in [1.29, 1.82) is 0 Å². The predicted octanol–water partition coefficient (Wildman–Crippen LogP) is 6.19. The van der Waals surface area contributed by atoms with Crippen molar-refractivity contribution < 1.29 is 25.5 Å². The molecule has 41 heavy (non-hydrogen) atoms. The summed E-state index contributed by atoms with van der Waals surface area (Å²) in [4.78, 5) is 0. The van der Waals surface area contributed by atoms with Gasteiger partial charge in [-0.3, -0.25) is 0 Å². The molecule has 5 nitrogen and oxygen atoms in total. The van der Waals surface area contributed by atoms with E-state index in [4.69, 9.17) is 5.11 Å². The van der Waals surface area contributed by atoms with Crippen molar-refractivity contribution in [3.05, 3.63) is 0 Å². The van der Waals surface area contributed by atoms with Gasteiger partial charge in [0.05, 0.1) is 12.7 Å². The fourth-order valence-corrected chi connectivity index (χ4v) is 14.0. The van der Waals surface area contributed by atoms with E-state index in [0.717, 1.165) is 23.7 Å². The van der Waals surface area contributed by atoms with Crippen LogP contribution in [0.5, 0.6) is 0 Å². The van der Waals surface area contributed by atoms with E-state index in [1.165, 1.54) is 64.2 Å². The number of fused-ring (bicyclic) bond motifs is 7. The van der Waals surface area contributed by atoms with Crippen LogP contribution in [0.4, 0.5) is 0 Å². The van der Waals surface area contributed by atoms with Crippen LogP contribution in [0.25, 0.3) is 0 Å². The van der Waals surface area contributed by atoms with E-state index in [1.54, 1.807) is 0 Å². The number of aliphatic hydroxyl groups is 5. The molecule has 5 N–H and O–H groups in total. The molecule has 0 aromatic carbocycles. The van der Waals surface area contributed by atoms with Gasteiger partial charge in [-0.25, -0.2) is 0 Å². The number of hydrogen-bond acceptors (Lipinski definition) is 5. The molecule has 5 fully saturated rings. The second kappa shape index (κ2) is 10.7. The molecular weight excluding hydrogens is 512 g/mol. The third-order valence-corrected chi connectivity index (χ3v) is 15.6. The van der Waals surface area contributed by atoms with Gasteiger partial charge < -0.3 is 25.5 Å². The van der Waals surface area contributed by atoms with E-state index in [0.29, 0.717) is 45.3 Å². The summed E-state index contributed by atoms with van der Waals surface area (Å²) in [6, 6.07) is 0. The van der Waals surface area contributed by atoms with Gasteiger partial charge in [0, 0.05) is 0 Å². The molecule has 5 aliphatic carbocycles. The van der Waals surface area contributed by atoms with E-state index in [2.05, 4.69) is 55.4 Å². The number of aliphatic hydroxyl groups excluding tert-OH is 5. The van der Waals surface area contributed by atoms with Crippen LogP contribution in [0.15, 0.2) is 0 Å². The molecule has 5 rings (SSSR count). The maximum atomic E-state index is 10.8. The van der Waals surface area contributed by atoms with Crippen LogP contribution in [-0.2, 0) is 0 Å². The lowest BCUT2D eigenvalue weighted by Gasteiger charge is -2.73. The van der Waals surface area contributed by atoms with Crippen LogP contribution in [0, 0.1) is 68.5 Å². The summed E-state index contributed by atoms with van der Waals surface area (Å²) in [5.41, 5.74) is 1.94. The Morgan fingerprint density at radius 1 is 0.659 bits per heavy atom. The first kappa shape index (κ1) is 32.2. The monoisotopic (exact) mass is 576 g/mol. The molecule has 0 radical (unpaired) electrons. The van der Waals surface area contributed by atoms with Crippen LogP contribution < -0.4 is 0 Å². The lowest BCUT2D eigenvalue weighted by Crippen LogP contribution is -2.66. The summed E-state index contributed by atoms with van der Waals surface area (Å²) in [7, 11) is 0. The van der Waals surface area contributed by atoms with Gasteiger partial charge in [0.25, 0.3) is 0 Å². The summed E-state index contributed by atoms with van der Waals surface area (Å²) in [5, 5.41) is 50.3. The Labute approximate surface area is 250 Å². The molecule has 0 heterocycles.